The Balaban J connectivity index is -0.0000000190. The first-order valence-corrected chi connectivity index (χ1v) is 2.52. The fourth-order valence-electron chi connectivity index (χ4n) is 0. The highest BCUT2D eigenvalue weighted by molar-refractivity contribution is 4.22. The molecule has 1 N–H and O–H groups in total. The Labute approximate surface area is 59.0 Å². The molecule has 0 aromatic heterocycles. The van der Waals surface area contributed by atoms with E-state index >= 15 is 0 Å². The van der Waals surface area contributed by atoms with Crippen molar-refractivity contribution >= 4 is 0 Å². The zero-order chi connectivity index (χ0) is 8.71. The molecule has 0 saturated carbocycles. The summed E-state index contributed by atoms with van der Waals surface area (Å²) in [7, 11) is 0. The third kappa shape index (κ3) is 287. The molecule has 0 spiro atoms. The number of hydrogen-bond acceptors (Lipinski definition) is 1. The predicted molar refractivity (Wildman–Crippen MR) is 46.5 cm³/mol. The number of aliphatic hydroxyl groups is 1. The fourth-order valence-corrected chi connectivity index (χ4v) is 0. The zero-order valence-electron chi connectivity index (χ0n) is 6.40. The van der Waals surface area contributed by atoms with Crippen LogP contribution < -0.4 is 0 Å². The van der Waals surface area contributed by atoms with Crippen LogP contribution in [0.15, 0.2) is 39.5 Å². The van der Waals surface area contributed by atoms with Gasteiger partial charge in [0.25, 0.3) is 0 Å². The second-order valence-corrected chi connectivity index (χ2v) is 0.316. The van der Waals surface area contributed by atoms with Crippen LogP contribution in [-0.2, 0) is 0 Å². The molecule has 56 valence electrons. The topological polar surface area (TPSA) is 20.2 Å². The third-order valence-electron chi connectivity index (χ3n) is 0. The molecule has 0 atom stereocenters. The maximum Gasteiger partial charge on any atom is 0.0402 e. The minimum absolute atomic E-state index is 0.250. The van der Waals surface area contributed by atoms with Gasteiger partial charge in [-0.25, -0.2) is 0 Å². The van der Waals surface area contributed by atoms with Gasteiger partial charge in [-0.05, 0) is 6.92 Å². The molecule has 0 aromatic rings. The van der Waals surface area contributed by atoms with Crippen molar-refractivity contribution in [1.82, 2.24) is 0 Å². The average molecular weight is 130 g/mol. The molecule has 0 fully saturated rings. The Morgan fingerprint density at radius 2 is 0.889 bits per heavy atom. The van der Waals surface area contributed by atoms with Crippen LogP contribution in [0.4, 0.5) is 0 Å². The van der Waals surface area contributed by atoms with Crippen molar-refractivity contribution in [2.24, 2.45) is 0 Å². The Kier molecular flexibility index (Phi) is 22700. The molecule has 0 aliphatic rings. The second kappa shape index (κ2) is 8460. The highest BCUT2D eigenvalue weighted by atomic mass is 16.2. The Bertz CT molecular complexity index is 15.8. The van der Waals surface area contributed by atoms with E-state index in [1.54, 1.807) is 6.92 Å². The van der Waals surface area contributed by atoms with Crippen molar-refractivity contribution in [2.75, 3.05) is 6.61 Å². The summed E-state index contributed by atoms with van der Waals surface area (Å²) < 4.78 is 0. The molecule has 0 aliphatic heterocycles. The molecule has 0 aromatic carbocycles. The van der Waals surface area contributed by atoms with Gasteiger partial charge in [-0.3, -0.25) is 0 Å². The van der Waals surface area contributed by atoms with E-state index in [1.165, 1.54) is 0 Å². The van der Waals surface area contributed by atoms with E-state index in [1.807, 2.05) is 0 Å². The van der Waals surface area contributed by atoms with Gasteiger partial charge < -0.3 is 5.11 Å². The molecule has 0 amide bonds. The molecule has 0 saturated heterocycles. The lowest BCUT2D eigenvalue weighted by atomic mass is 10.9. The van der Waals surface area contributed by atoms with Crippen molar-refractivity contribution < 1.29 is 5.11 Å². The van der Waals surface area contributed by atoms with E-state index in [2.05, 4.69) is 39.5 Å². The summed E-state index contributed by atoms with van der Waals surface area (Å²) in [6.45, 7) is 19.9. The van der Waals surface area contributed by atoms with Crippen molar-refractivity contribution in [3.8, 4) is 0 Å². The van der Waals surface area contributed by atoms with Crippen molar-refractivity contribution in [1.29, 1.82) is 0 Å². The Hall–Kier alpha value is -0.820. The number of rotatable bonds is 0. The lowest BCUT2D eigenvalue weighted by Gasteiger charge is -1.52. The van der Waals surface area contributed by atoms with E-state index in [9.17, 15) is 0 Å². The van der Waals surface area contributed by atoms with Crippen molar-refractivity contribution in [3.63, 3.8) is 0 Å². The summed E-state index contributed by atoms with van der Waals surface area (Å²) in [6.07, 6.45) is 0. The second-order valence-electron chi connectivity index (χ2n) is 0.316. The predicted octanol–water partition coefficient (Wildman–Crippen LogP) is 2.41. The van der Waals surface area contributed by atoms with Gasteiger partial charge in [0, 0.05) is 6.61 Å². The maximum absolute atomic E-state index is 7.57. The van der Waals surface area contributed by atoms with Gasteiger partial charge >= 0.3 is 0 Å². The molecular weight excluding hydrogens is 112 g/mol. The molecule has 0 unspecified atom stereocenters. The summed E-state index contributed by atoms with van der Waals surface area (Å²) in [5.41, 5.74) is 0. The minimum Gasteiger partial charge on any atom is -0.397 e. The van der Waals surface area contributed by atoms with Crippen LogP contribution in [0.25, 0.3) is 0 Å². The first-order valence-electron chi connectivity index (χ1n) is 2.52. The zero-order valence-corrected chi connectivity index (χ0v) is 6.40. The molecule has 0 heterocycles. The average Bonchev–Trinajstić information content (AvgIpc) is 2.01. The van der Waals surface area contributed by atoms with E-state index in [4.69, 9.17) is 5.11 Å². The van der Waals surface area contributed by atoms with Crippen LogP contribution in [-0.4, -0.2) is 11.7 Å². The van der Waals surface area contributed by atoms with Crippen molar-refractivity contribution in [2.45, 2.75) is 6.92 Å². The standard InChI is InChI=1S/C2H6O.3C2H4/c1-2-3;3*1-2/h3H,2H2,1H3;3*1-2H2. The molecule has 0 bridgehead atoms. The Morgan fingerprint density at radius 3 is 0.889 bits per heavy atom. The minimum atomic E-state index is 0.250. The maximum atomic E-state index is 7.57. The summed E-state index contributed by atoms with van der Waals surface area (Å²) >= 11 is 0. The quantitative estimate of drug-likeness (QED) is 0.499. The van der Waals surface area contributed by atoms with E-state index in [0.717, 1.165) is 0 Å². The molecule has 9 heavy (non-hydrogen) atoms. The monoisotopic (exact) mass is 130 g/mol. The van der Waals surface area contributed by atoms with Crippen LogP contribution in [0.2, 0.25) is 0 Å². The summed E-state index contributed by atoms with van der Waals surface area (Å²) in [5.74, 6) is 0. The summed E-state index contributed by atoms with van der Waals surface area (Å²) in [5, 5.41) is 7.57. The normalized spacial score (nSPS) is 3.33. The molecule has 0 rings (SSSR count). The van der Waals surface area contributed by atoms with Crippen LogP contribution in [0.3, 0.4) is 0 Å². The number of hydrogen-bond donors (Lipinski definition) is 1. The highest BCUT2D eigenvalue weighted by Gasteiger charge is 1.34. The fraction of sp³-hybridized carbons (Fsp3) is 0.250. The first-order chi connectivity index (χ1) is 4.41. The van der Waals surface area contributed by atoms with Crippen LogP contribution >= 0.6 is 0 Å². The van der Waals surface area contributed by atoms with Gasteiger partial charge in [0.05, 0.1) is 0 Å². The SMILES string of the molecule is C=C.C=C.C=C.CCO. The number of aliphatic hydroxyl groups excluding tert-OH is 1. The molecule has 1 heteroatoms. The van der Waals surface area contributed by atoms with Gasteiger partial charge in [-0.15, -0.1) is 39.5 Å². The van der Waals surface area contributed by atoms with Gasteiger partial charge in [0.15, 0.2) is 0 Å². The lowest BCUT2D eigenvalue weighted by molar-refractivity contribution is 0.318. The van der Waals surface area contributed by atoms with E-state index < -0.39 is 0 Å². The largest absolute Gasteiger partial charge is 0.397 e. The van der Waals surface area contributed by atoms with Gasteiger partial charge in [0.2, 0.25) is 0 Å². The molecule has 1 nitrogen and oxygen atoms in total. The first kappa shape index (κ1) is 24.1. The summed E-state index contributed by atoms with van der Waals surface area (Å²) in [4.78, 5) is 0. The molecular formula is C8H18O. The molecule has 0 aliphatic carbocycles. The van der Waals surface area contributed by atoms with Crippen LogP contribution in [0.1, 0.15) is 6.92 Å². The van der Waals surface area contributed by atoms with Crippen LogP contribution in [0, 0.1) is 0 Å². The third-order valence-corrected chi connectivity index (χ3v) is 0. The van der Waals surface area contributed by atoms with Crippen molar-refractivity contribution in [3.05, 3.63) is 39.5 Å². The van der Waals surface area contributed by atoms with Crippen LogP contribution in [0.5, 0.6) is 0 Å². The molecule has 0 radical (unpaired) electrons. The van der Waals surface area contributed by atoms with E-state index in [0.29, 0.717) is 0 Å². The lowest BCUT2D eigenvalue weighted by Crippen LogP contribution is -1.57. The van der Waals surface area contributed by atoms with Gasteiger partial charge in [0.1, 0.15) is 0 Å². The van der Waals surface area contributed by atoms with Gasteiger partial charge in [-0.2, -0.15) is 0 Å². The van der Waals surface area contributed by atoms with E-state index in [-0.39, 0.29) is 6.61 Å². The summed E-state index contributed by atoms with van der Waals surface area (Å²) in [6, 6.07) is 0. The Morgan fingerprint density at radius 1 is 0.889 bits per heavy atom. The highest BCUT2D eigenvalue weighted by Crippen LogP contribution is 1.30. The van der Waals surface area contributed by atoms with Gasteiger partial charge in [-0.1, -0.05) is 0 Å². The smallest absolute Gasteiger partial charge is 0.0402 e.